The first-order chi connectivity index (χ1) is 13.3. The molecule has 0 aliphatic carbocycles. The molecule has 0 unspecified atom stereocenters. The van der Waals surface area contributed by atoms with Crippen LogP contribution in [0.2, 0.25) is 0 Å². The largest absolute Gasteiger partial charge is 0.356 e. The predicted molar refractivity (Wildman–Crippen MR) is 112 cm³/mol. The molecule has 3 rings (SSSR count). The van der Waals surface area contributed by atoms with Crippen LogP contribution in [0.1, 0.15) is 36.1 Å². The molecular formula is C22H31N5. The summed E-state index contributed by atoms with van der Waals surface area (Å²) in [5, 5.41) is 6.83. The topological polar surface area (TPSA) is 52.6 Å². The first-order valence-corrected chi connectivity index (χ1v) is 9.99. The van der Waals surface area contributed by atoms with Crippen LogP contribution in [-0.4, -0.2) is 42.5 Å². The first-order valence-electron chi connectivity index (χ1n) is 9.99. The molecule has 0 atom stereocenters. The summed E-state index contributed by atoms with van der Waals surface area (Å²) in [7, 11) is 1.82. The van der Waals surface area contributed by atoms with E-state index in [0.29, 0.717) is 0 Å². The van der Waals surface area contributed by atoms with Crippen molar-refractivity contribution in [1.29, 1.82) is 0 Å². The van der Waals surface area contributed by atoms with E-state index in [2.05, 4.69) is 55.8 Å². The summed E-state index contributed by atoms with van der Waals surface area (Å²) in [5.74, 6) is 0.832. The molecule has 1 aromatic carbocycles. The van der Waals surface area contributed by atoms with Gasteiger partial charge < -0.3 is 10.6 Å². The van der Waals surface area contributed by atoms with Crippen LogP contribution >= 0.6 is 0 Å². The maximum Gasteiger partial charge on any atom is 0.191 e. The fraction of sp³-hybridized carbons (Fsp3) is 0.455. The summed E-state index contributed by atoms with van der Waals surface area (Å²) in [4.78, 5) is 11.3. The molecule has 0 radical (unpaired) electrons. The highest BCUT2D eigenvalue weighted by Gasteiger charge is 2.12. The lowest BCUT2D eigenvalue weighted by molar-refractivity contribution is 0.220. The van der Waals surface area contributed by atoms with Crippen molar-refractivity contribution >= 4 is 5.96 Å². The Balaban J connectivity index is 1.49. The maximum atomic E-state index is 4.36. The highest BCUT2D eigenvalue weighted by Crippen LogP contribution is 2.16. The van der Waals surface area contributed by atoms with Crippen molar-refractivity contribution in [2.24, 2.45) is 4.99 Å². The van der Waals surface area contributed by atoms with Gasteiger partial charge in [0.1, 0.15) is 0 Å². The van der Waals surface area contributed by atoms with Gasteiger partial charge in [0.25, 0.3) is 0 Å². The number of likely N-dealkylation sites (tertiary alicyclic amines) is 1. The summed E-state index contributed by atoms with van der Waals surface area (Å²) >= 11 is 0. The van der Waals surface area contributed by atoms with Gasteiger partial charge in [-0.2, -0.15) is 0 Å². The zero-order valence-electron chi connectivity index (χ0n) is 16.3. The van der Waals surface area contributed by atoms with Crippen LogP contribution in [0.25, 0.3) is 0 Å². The van der Waals surface area contributed by atoms with E-state index in [9.17, 15) is 0 Å². The number of nitrogens with zero attached hydrogens (tertiary/aromatic N) is 3. The molecule has 2 aromatic rings. The number of benzene rings is 1. The smallest absolute Gasteiger partial charge is 0.191 e. The van der Waals surface area contributed by atoms with Gasteiger partial charge in [-0.3, -0.25) is 14.9 Å². The zero-order valence-corrected chi connectivity index (χ0v) is 16.3. The van der Waals surface area contributed by atoms with Crippen LogP contribution in [-0.2, 0) is 19.5 Å². The van der Waals surface area contributed by atoms with E-state index in [1.54, 1.807) is 0 Å². The molecule has 2 N–H and O–H groups in total. The van der Waals surface area contributed by atoms with Gasteiger partial charge in [0.05, 0.1) is 0 Å². The van der Waals surface area contributed by atoms with Crippen LogP contribution in [0.3, 0.4) is 0 Å². The quantitative estimate of drug-likeness (QED) is 0.585. The Hall–Kier alpha value is -2.40. The highest BCUT2D eigenvalue weighted by atomic mass is 15.2. The van der Waals surface area contributed by atoms with Crippen molar-refractivity contribution in [2.45, 2.75) is 38.8 Å². The summed E-state index contributed by atoms with van der Waals surface area (Å²) in [6.07, 6.45) is 6.75. The van der Waals surface area contributed by atoms with Crippen LogP contribution < -0.4 is 10.6 Å². The van der Waals surface area contributed by atoms with Crippen molar-refractivity contribution in [3.8, 4) is 0 Å². The number of guanidine groups is 1. The summed E-state index contributed by atoms with van der Waals surface area (Å²) in [6.45, 7) is 5.08. The third kappa shape index (κ3) is 6.36. The summed E-state index contributed by atoms with van der Waals surface area (Å²) < 4.78 is 0. The minimum Gasteiger partial charge on any atom is -0.356 e. The number of rotatable bonds is 7. The SMILES string of the molecule is CN=C(NCCc1ccccn1)NCc1ccccc1CN1CCCCC1. The molecule has 0 spiro atoms. The zero-order chi connectivity index (χ0) is 18.7. The number of piperidine rings is 1. The Labute approximate surface area is 162 Å². The van der Waals surface area contributed by atoms with E-state index >= 15 is 0 Å². The maximum absolute atomic E-state index is 4.36. The molecule has 1 aliphatic rings. The molecule has 5 nitrogen and oxygen atoms in total. The van der Waals surface area contributed by atoms with Gasteiger partial charge in [-0.05, 0) is 49.2 Å². The lowest BCUT2D eigenvalue weighted by Gasteiger charge is -2.27. The van der Waals surface area contributed by atoms with Crippen molar-refractivity contribution in [1.82, 2.24) is 20.5 Å². The molecule has 1 saturated heterocycles. The molecule has 0 saturated carbocycles. The second kappa shape index (κ2) is 10.7. The fourth-order valence-electron chi connectivity index (χ4n) is 3.50. The first kappa shape index (κ1) is 19.4. The molecular weight excluding hydrogens is 334 g/mol. The average molecular weight is 366 g/mol. The Morgan fingerprint density at radius 2 is 1.78 bits per heavy atom. The Bertz CT molecular complexity index is 708. The third-order valence-corrected chi connectivity index (χ3v) is 5.03. The number of aromatic nitrogens is 1. The van der Waals surface area contributed by atoms with E-state index < -0.39 is 0 Å². The van der Waals surface area contributed by atoms with Gasteiger partial charge in [-0.1, -0.05) is 36.8 Å². The average Bonchev–Trinajstić information content (AvgIpc) is 2.73. The number of hydrogen-bond acceptors (Lipinski definition) is 3. The molecule has 5 heteroatoms. The van der Waals surface area contributed by atoms with Crippen molar-refractivity contribution in [3.05, 3.63) is 65.5 Å². The fourth-order valence-corrected chi connectivity index (χ4v) is 3.50. The van der Waals surface area contributed by atoms with Crippen molar-refractivity contribution < 1.29 is 0 Å². The molecule has 0 amide bonds. The van der Waals surface area contributed by atoms with Gasteiger partial charge >= 0.3 is 0 Å². The van der Waals surface area contributed by atoms with Crippen molar-refractivity contribution in [2.75, 3.05) is 26.7 Å². The molecule has 1 aliphatic heterocycles. The molecule has 27 heavy (non-hydrogen) atoms. The van der Waals surface area contributed by atoms with E-state index in [-0.39, 0.29) is 0 Å². The molecule has 0 bridgehead atoms. The van der Waals surface area contributed by atoms with Crippen LogP contribution in [0.4, 0.5) is 0 Å². The van der Waals surface area contributed by atoms with Crippen molar-refractivity contribution in [3.63, 3.8) is 0 Å². The second-order valence-corrected chi connectivity index (χ2v) is 7.03. The molecule has 144 valence electrons. The van der Waals surface area contributed by atoms with Gasteiger partial charge in [0.2, 0.25) is 0 Å². The van der Waals surface area contributed by atoms with Crippen LogP contribution in [0.15, 0.2) is 53.7 Å². The summed E-state index contributed by atoms with van der Waals surface area (Å²) in [5.41, 5.74) is 3.85. The Morgan fingerprint density at radius 3 is 2.52 bits per heavy atom. The summed E-state index contributed by atoms with van der Waals surface area (Å²) in [6, 6.07) is 14.7. The van der Waals surface area contributed by atoms with E-state index in [0.717, 1.165) is 37.7 Å². The monoisotopic (exact) mass is 365 g/mol. The van der Waals surface area contributed by atoms with E-state index in [1.165, 1.54) is 43.5 Å². The molecule has 1 aromatic heterocycles. The number of hydrogen-bond donors (Lipinski definition) is 2. The third-order valence-electron chi connectivity index (χ3n) is 5.03. The second-order valence-electron chi connectivity index (χ2n) is 7.03. The predicted octanol–water partition coefficient (Wildman–Crippen LogP) is 2.98. The normalized spacial score (nSPS) is 15.5. The minimum atomic E-state index is 0.785. The number of aliphatic imine (C=N–C) groups is 1. The van der Waals surface area contributed by atoms with E-state index in [1.807, 2.05) is 25.4 Å². The lowest BCUT2D eigenvalue weighted by atomic mass is 10.0. The van der Waals surface area contributed by atoms with Gasteiger partial charge in [-0.25, -0.2) is 0 Å². The standard InChI is InChI=1S/C22H31N5/c1-23-22(25-14-12-21-11-5-6-13-24-21)26-17-19-9-3-4-10-20(19)18-27-15-7-2-8-16-27/h3-6,9-11,13H,2,7-8,12,14-18H2,1H3,(H2,23,25,26). The van der Waals surface area contributed by atoms with Gasteiger partial charge in [0, 0.05) is 45.0 Å². The van der Waals surface area contributed by atoms with E-state index in [4.69, 9.17) is 0 Å². The number of pyridine rings is 1. The minimum absolute atomic E-state index is 0.785. The van der Waals surface area contributed by atoms with Crippen LogP contribution in [0, 0.1) is 0 Å². The van der Waals surface area contributed by atoms with Gasteiger partial charge in [0.15, 0.2) is 5.96 Å². The van der Waals surface area contributed by atoms with Gasteiger partial charge in [-0.15, -0.1) is 0 Å². The molecule has 2 heterocycles. The Morgan fingerprint density at radius 1 is 1.00 bits per heavy atom. The Kier molecular flexibility index (Phi) is 7.66. The highest BCUT2D eigenvalue weighted by molar-refractivity contribution is 5.79. The van der Waals surface area contributed by atoms with Crippen LogP contribution in [0.5, 0.6) is 0 Å². The lowest BCUT2D eigenvalue weighted by Crippen LogP contribution is -2.38. The molecule has 1 fully saturated rings. The number of nitrogens with one attached hydrogen (secondary N) is 2.